The highest BCUT2D eigenvalue weighted by atomic mass is 16.3. The first kappa shape index (κ1) is 62.2. The Kier molecular flexibility index (Phi) is 13.9. The molecule has 0 amide bonds. The molecule has 0 atom stereocenters. The van der Waals surface area contributed by atoms with Gasteiger partial charge in [-0.25, -0.2) is 9.97 Å². The molecule has 4 heterocycles. The van der Waals surface area contributed by atoms with Gasteiger partial charge >= 0.3 is 0 Å². The van der Waals surface area contributed by atoms with Crippen molar-refractivity contribution in [3.8, 4) is 89.3 Å². The highest BCUT2D eigenvalue weighted by molar-refractivity contribution is 6.25. The second kappa shape index (κ2) is 24.4. The van der Waals surface area contributed by atoms with Crippen LogP contribution >= 0.6 is 0 Å². The van der Waals surface area contributed by atoms with Crippen LogP contribution in [-0.4, -0.2) is 19.9 Å². The summed E-state index contributed by atoms with van der Waals surface area (Å²) in [6, 6.07) is 122. The maximum absolute atomic E-state index is 6.78. The summed E-state index contributed by atoms with van der Waals surface area (Å²) >= 11 is 0. The summed E-state index contributed by atoms with van der Waals surface area (Å²) in [7, 11) is 0. The molecule has 6 heteroatoms. The van der Waals surface area contributed by atoms with E-state index in [1.54, 1.807) is 0 Å². The lowest BCUT2D eigenvalue weighted by Gasteiger charge is -2.22. The standard InChI is InChI=1S/C53H34N2O.C50H30N2O/c1-53(2)46-21-10-9-16-40(46)41-23-22-33(28-47(41)53)34-24-35(37-19-11-20-44-45-27-31-12-3-4-13-32(31)29-49(45)56-52(37)44)26-36(25-34)48-30-54-50-42-17-7-5-14-38(42)39-15-6-8-18-43(39)51(50)55-48;1-2-12-31(13-3-1)32-16-10-17-33(24-32)36-25-37(39-22-11-23-44-45-28-34-14-4-5-15-35(34)29-47(45)53-50(39)44)27-38(26-36)46-30-51-48-42-20-8-6-18-40(42)41-19-7-9-21-43(41)49(48)52-46/h3-30H,1-2H3;1-30H. The zero-order valence-electron chi connectivity index (χ0n) is 59.6. The average molecular weight is 1390 g/mol. The van der Waals surface area contributed by atoms with E-state index >= 15 is 0 Å². The molecule has 1 aliphatic carbocycles. The number of furan rings is 2. The van der Waals surface area contributed by atoms with Gasteiger partial charge < -0.3 is 8.83 Å². The Morgan fingerprint density at radius 2 is 0.569 bits per heavy atom. The molecule has 4 aromatic heterocycles. The van der Waals surface area contributed by atoms with E-state index in [1.165, 1.54) is 82.0 Å². The van der Waals surface area contributed by atoms with E-state index in [4.69, 9.17) is 28.8 Å². The van der Waals surface area contributed by atoms with Crippen LogP contribution in [0, 0.1) is 0 Å². The zero-order chi connectivity index (χ0) is 72.0. The van der Waals surface area contributed by atoms with Crippen LogP contribution in [0.3, 0.4) is 0 Å². The molecule has 6 nitrogen and oxygen atoms in total. The van der Waals surface area contributed by atoms with Gasteiger partial charge in [-0.3, -0.25) is 9.97 Å². The molecule has 1 aliphatic rings. The number of aromatic nitrogens is 4. The van der Waals surface area contributed by atoms with Crippen LogP contribution in [-0.2, 0) is 5.41 Å². The van der Waals surface area contributed by atoms with E-state index in [2.05, 4.69) is 354 Å². The fourth-order valence-electron chi connectivity index (χ4n) is 17.5. The van der Waals surface area contributed by atoms with Crippen molar-refractivity contribution < 1.29 is 8.83 Å². The Hall–Kier alpha value is -14.2. The van der Waals surface area contributed by atoms with Crippen molar-refractivity contribution in [2.45, 2.75) is 19.3 Å². The van der Waals surface area contributed by atoms with Crippen molar-refractivity contribution in [3.05, 3.63) is 363 Å². The summed E-state index contributed by atoms with van der Waals surface area (Å²) in [4.78, 5) is 21.1. The first-order valence-electron chi connectivity index (χ1n) is 37.3. The zero-order valence-corrected chi connectivity index (χ0v) is 59.6. The van der Waals surface area contributed by atoms with Crippen molar-refractivity contribution in [2.24, 2.45) is 0 Å². The minimum Gasteiger partial charge on any atom is -0.455 e. The third-order valence-corrected chi connectivity index (χ3v) is 22.9. The van der Waals surface area contributed by atoms with Gasteiger partial charge in [0.1, 0.15) is 22.3 Å². The van der Waals surface area contributed by atoms with Crippen LogP contribution in [0.2, 0.25) is 0 Å². The van der Waals surface area contributed by atoms with Crippen LogP contribution in [0.25, 0.3) is 220 Å². The molecule has 0 N–H and O–H groups in total. The molecule has 508 valence electrons. The van der Waals surface area contributed by atoms with Crippen molar-refractivity contribution in [2.75, 3.05) is 0 Å². The first-order valence-corrected chi connectivity index (χ1v) is 37.3. The van der Waals surface area contributed by atoms with Gasteiger partial charge in [0.2, 0.25) is 0 Å². The van der Waals surface area contributed by atoms with E-state index in [0.29, 0.717) is 0 Å². The molecule has 0 aliphatic heterocycles. The van der Waals surface area contributed by atoms with Crippen LogP contribution in [0.15, 0.2) is 361 Å². The number of rotatable bonds is 7. The summed E-state index contributed by atoms with van der Waals surface area (Å²) < 4.78 is 13.5. The summed E-state index contributed by atoms with van der Waals surface area (Å²) in [5, 5.41) is 18.3. The Bertz CT molecular complexity index is 7520. The van der Waals surface area contributed by atoms with E-state index in [9.17, 15) is 0 Å². The fraction of sp³-hybridized carbons (Fsp3) is 0.0291. The number of nitrogens with zero attached hydrogens (tertiary/aromatic N) is 4. The summed E-state index contributed by atoms with van der Waals surface area (Å²) in [6.45, 7) is 4.68. The molecule has 0 saturated carbocycles. The largest absolute Gasteiger partial charge is 0.455 e. The van der Waals surface area contributed by atoms with Crippen LogP contribution in [0.5, 0.6) is 0 Å². The highest BCUT2D eigenvalue weighted by Crippen LogP contribution is 2.51. The molecular formula is C103H64N4O2. The maximum Gasteiger partial charge on any atom is 0.143 e. The van der Waals surface area contributed by atoms with Gasteiger partial charge in [0.25, 0.3) is 0 Å². The molecule has 0 fully saturated rings. The van der Waals surface area contributed by atoms with E-state index in [1.807, 2.05) is 12.4 Å². The summed E-state index contributed by atoms with van der Waals surface area (Å²) in [5.74, 6) is 0. The molecule has 0 spiro atoms. The Morgan fingerprint density at radius 1 is 0.220 bits per heavy atom. The highest BCUT2D eigenvalue weighted by Gasteiger charge is 2.35. The smallest absolute Gasteiger partial charge is 0.143 e. The lowest BCUT2D eigenvalue weighted by atomic mass is 9.81. The fourth-order valence-corrected chi connectivity index (χ4v) is 17.5. The summed E-state index contributed by atoms with van der Waals surface area (Å²) in [6.07, 6.45) is 3.88. The Balaban J connectivity index is 0.000000135. The second-order valence-electron chi connectivity index (χ2n) is 29.5. The molecule has 0 bridgehead atoms. The van der Waals surface area contributed by atoms with Crippen molar-refractivity contribution in [1.29, 1.82) is 0 Å². The monoisotopic (exact) mass is 1390 g/mol. The van der Waals surface area contributed by atoms with E-state index in [-0.39, 0.29) is 5.41 Å². The van der Waals surface area contributed by atoms with Gasteiger partial charge in [0.15, 0.2) is 0 Å². The van der Waals surface area contributed by atoms with Gasteiger partial charge in [-0.15, -0.1) is 0 Å². The third-order valence-electron chi connectivity index (χ3n) is 22.9. The predicted molar refractivity (Wildman–Crippen MR) is 454 cm³/mol. The number of fused-ring (bicyclic) bond motifs is 23. The molecule has 22 aromatic rings. The van der Waals surface area contributed by atoms with Crippen LogP contribution in [0.4, 0.5) is 0 Å². The predicted octanol–water partition coefficient (Wildman–Crippen LogP) is 28.0. The molecule has 18 aromatic carbocycles. The van der Waals surface area contributed by atoms with E-state index in [0.717, 1.165) is 149 Å². The van der Waals surface area contributed by atoms with Gasteiger partial charge in [-0.1, -0.05) is 281 Å². The topological polar surface area (TPSA) is 77.8 Å². The second-order valence-corrected chi connectivity index (χ2v) is 29.5. The molecule has 0 unspecified atom stereocenters. The number of benzene rings is 18. The number of hydrogen-bond donors (Lipinski definition) is 0. The normalized spacial score (nSPS) is 12.6. The Morgan fingerprint density at radius 3 is 1.07 bits per heavy atom. The van der Waals surface area contributed by atoms with Gasteiger partial charge in [-0.2, -0.15) is 0 Å². The van der Waals surface area contributed by atoms with Gasteiger partial charge in [-0.05, 0) is 183 Å². The maximum atomic E-state index is 6.78. The molecule has 109 heavy (non-hydrogen) atoms. The average Bonchev–Trinajstić information content (AvgIpc) is 1.21. The first-order chi connectivity index (χ1) is 53.7. The lowest BCUT2D eigenvalue weighted by molar-refractivity contribution is 0.660. The molecular weight excluding hydrogens is 1330 g/mol. The summed E-state index contributed by atoms with van der Waals surface area (Å²) in [5.41, 5.74) is 27.2. The van der Waals surface area contributed by atoms with Crippen molar-refractivity contribution in [3.63, 3.8) is 0 Å². The van der Waals surface area contributed by atoms with E-state index < -0.39 is 0 Å². The van der Waals surface area contributed by atoms with Crippen molar-refractivity contribution >= 4 is 131 Å². The third kappa shape index (κ3) is 10.1. The molecule has 0 saturated heterocycles. The molecule has 0 radical (unpaired) electrons. The minimum atomic E-state index is -0.112. The lowest BCUT2D eigenvalue weighted by Crippen LogP contribution is -2.14. The quantitative estimate of drug-likeness (QED) is 0.148. The van der Waals surface area contributed by atoms with Crippen LogP contribution in [0.1, 0.15) is 25.0 Å². The Labute approximate surface area is 627 Å². The van der Waals surface area contributed by atoms with Gasteiger partial charge in [0.05, 0.1) is 45.8 Å². The van der Waals surface area contributed by atoms with Crippen LogP contribution < -0.4 is 0 Å². The minimum absolute atomic E-state index is 0.112. The SMILES string of the molecule is CC1(C)c2ccccc2-c2ccc(-c3cc(-c4cnc5c6ccccc6c6ccccc6c5n4)cc(-c4cccc5c4oc4cc6ccccc6cc45)c3)cc21.c1ccc(-c2cccc(-c3cc(-c4cnc5c6ccccc6c6ccccc6c5n4)cc(-c4cccc5c4oc4cc6ccccc6cc45)c3)c2)cc1. The molecule has 23 rings (SSSR count). The number of hydrogen-bond acceptors (Lipinski definition) is 6. The van der Waals surface area contributed by atoms with Crippen molar-refractivity contribution in [1.82, 2.24) is 19.9 Å². The van der Waals surface area contributed by atoms with Gasteiger partial charge in [0, 0.05) is 70.8 Å². The number of para-hydroxylation sites is 2.